The van der Waals surface area contributed by atoms with Gasteiger partial charge in [-0.2, -0.15) is 13.5 Å². The van der Waals surface area contributed by atoms with Crippen molar-refractivity contribution < 1.29 is 36.4 Å². The second-order valence-electron chi connectivity index (χ2n) is 9.50. The van der Waals surface area contributed by atoms with Crippen molar-refractivity contribution in [3.8, 4) is 5.75 Å². The molecule has 222 valence electrons. The van der Waals surface area contributed by atoms with Crippen LogP contribution >= 0.6 is 11.3 Å². The standard InChI is InChI=1S/C23H30N8O8S2/c1-23(2)18(21(33)31(23)39-41(34,35)36)28-20(32)17(16-13-40-22(25)27-16)29-38-12-11-37-15-5-3-14(4-6-15)19(24)30-9-7-26-8-10-30/h3-6,13,18,24,26H,7-12H2,1-2H3,(H2,25,27)(H,28,32)(H,34,35,36)/b24-19?,29-17-/t18-/m1/s1. The molecular weight excluding hydrogens is 580 g/mol. The van der Waals surface area contributed by atoms with Crippen molar-refractivity contribution in [2.75, 3.05) is 45.1 Å². The van der Waals surface area contributed by atoms with Crippen LogP contribution in [0.25, 0.3) is 0 Å². The van der Waals surface area contributed by atoms with Gasteiger partial charge in [-0.1, -0.05) is 5.16 Å². The number of nitrogen functional groups attached to an aromatic ring is 1. The fourth-order valence-corrected chi connectivity index (χ4v) is 5.11. The Bertz CT molecular complexity index is 1420. The van der Waals surface area contributed by atoms with E-state index in [2.05, 4.69) is 25.1 Å². The van der Waals surface area contributed by atoms with Gasteiger partial charge in [0.25, 0.3) is 11.8 Å². The molecule has 6 N–H and O–H groups in total. The number of amidine groups is 1. The van der Waals surface area contributed by atoms with Crippen LogP contribution in [0.15, 0.2) is 34.8 Å². The molecule has 0 saturated carbocycles. The summed E-state index contributed by atoms with van der Waals surface area (Å²) in [5, 5.41) is 20.1. The molecule has 0 bridgehead atoms. The highest BCUT2D eigenvalue weighted by molar-refractivity contribution is 7.80. The summed E-state index contributed by atoms with van der Waals surface area (Å²) in [7, 11) is -4.94. The fraction of sp³-hybridized carbons (Fsp3) is 0.435. The van der Waals surface area contributed by atoms with Crippen LogP contribution < -0.4 is 21.1 Å². The first-order valence-electron chi connectivity index (χ1n) is 12.4. The molecule has 16 nitrogen and oxygen atoms in total. The van der Waals surface area contributed by atoms with Crippen molar-refractivity contribution in [2.24, 2.45) is 5.16 Å². The van der Waals surface area contributed by atoms with Crippen molar-refractivity contribution in [1.82, 2.24) is 25.6 Å². The number of carbonyl (C=O) groups excluding carboxylic acids is 2. The normalized spacial score (nSPS) is 19.0. The third kappa shape index (κ3) is 7.27. The summed E-state index contributed by atoms with van der Waals surface area (Å²) < 4.78 is 40.9. The van der Waals surface area contributed by atoms with Crippen molar-refractivity contribution in [3.63, 3.8) is 0 Å². The molecule has 0 aliphatic carbocycles. The van der Waals surface area contributed by atoms with Crippen LogP contribution in [-0.2, 0) is 29.1 Å². The summed E-state index contributed by atoms with van der Waals surface area (Å²) in [6, 6.07) is 5.91. The van der Waals surface area contributed by atoms with E-state index in [1.165, 1.54) is 19.2 Å². The number of rotatable bonds is 11. The predicted octanol–water partition coefficient (Wildman–Crippen LogP) is -0.404. The largest absolute Gasteiger partial charge is 0.490 e. The van der Waals surface area contributed by atoms with Gasteiger partial charge < -0.3 is 30.8 Å². The van der Waals surface area contributed by atoms with Gasteiger partial charge in [-0.05, 0) is 38.1 Å². The Balaban J connectivity index is 1.33. The van der Waals surface area contributed by atoms with Crippen LogP contribution in [0, 0.1) is 5.41 Å². The summed E-state index contributed by atoms with van der Waals surface area (Å²) in [4.78, 5) is 36.8. The second kappa shape index (κ2) is 12.4. The summed E-state index contributed by atoms with van der Waals surface area (Å²) in [5.74, 6) is -0.727. The van der Waals surface area contributed by atoms with Crippen molar-refractivity contribution in [2.45, 2.75) is 25.4 Å². The highest BCUT2D eigenvalue weighted by atomic mass is 32.3. The second-order valence-corrected chi connectivity index (χ2v) is 11.4. The number of oxime groups is 1. The SMILES string of the molecule is CC1(C)[C@H](NC(=O)/C(=N\OCCOc2ccc(C(=N)N3CCNCC3)cc2)c2csc(N)n2)C(=O)N1OS(=O)(=O)O. The summed E-state index contributed by atoms with van der Waals surface area (Å²) in [5.41, 5.74) is 4.98. The predicted molar refractivity (Wildman–Crippen MR) is 148 cm³/mol. The summed E-state index contributed by atoms with van der Waals surface area (Å²) in [6.45, 7) is 6.13. The maximum absolute atomic E-state index is 13.0. The maximum atomic E-state index is 13.0. The molecule has 2 amide bonds. The van der Waals surface area contributed by atoms with E-state index < -0.39 is 33.8 Å². The summed E-state index contributed by atoms with van der Waals surface area (Å²) >= 11 is 1.06. The fourth-order valence-electron chi connectivity index (χ4n) is 4.11. The molecule has 0 unspecified atom stereocenters. The monoisotopic (exact) mass is 610 g/mol. The van der Waals surface area contributed by atoms with E-state index in [4.69, 9.17) is 25.3 Å². The Morgan fingerprint density at radius 1 is 1.29 bits per heavy atom. The first-order valence-corrected chi connectivity index (χ1v) is 14.6. The lowest BCUT2D eigenvalue weighted by molar-refractivity contribution is -0.218. The summed E-state index contributed by atoms with van der Waals surface area (Å²) in [6.07, 6.45) is 0. The number of β-lactam (4-membered cyclic amide) rings is 1. The molecule has 4 rings (SSSR count). The van der Waals surface area contributed by atoms with Crippen LogP contribution in [0.2, 0.25) is 0 Å². The first-order chi connectivity index (χ1) is 19.4. The van der Waals surface area contributed by atoms with Crippen LogP contribution in [0.4, 0.5) is 5.13 Å². The van der Waals surface area contributed by atoms with Crippen LogP contribution in [0.1, 0.15) is 25.1 Å². The average Bonchev–Trinajstić information content (AvgIpc) is 3.37. The molecule has 1 atom stereocenters. The molecule has 1 aromatic heterocycles. The minimum Gasteiger partial charge on any atom is -0.490 e. The number of anilines is 1. The van der Waals surface area contributed by atoms with E-state index in [0.717, 1.165) is 43.1 Å². The number of piperazine rings is 1. The van der Waals surface area contributed by atoms with Gasteiger partial charge in [0.05, 0.1) is 5.54 Å². The Labute approximate surface area is 239 Å². The Morgan fingerprint density at radius 3 is 2.56 bits per heavy atom. The highest BCUT2D eigenvalue weighted by Crippen LogP contribution is 2.33. The third-order valence-electron chi connectivity index (χ3n) is 6.26. The van der Waals surface area contributed by atoms with E-state index in [1.54, 1.807) is 24.3 Å². The number of thiazole rings is 1. The lowest BCUT2D eigenvalue weighted by Crippen LogP contribution is -2.76. The van der Waals surface area contributed by atoms with Gasteiger partial charge in [0.15, 0.2) is 17.5 Å². The van der Waals surface area contributed by atoms with E-state index in [0.29, 0.717) is 16.6 Å². The lowest BCUT2D eigenvalue weighted by atomic mass is 9.84. The number of hydrogen-bond donors (Lipinski definition) is 5. The molecule has 2 aliphatic heterocycles. The number of amides is 2. The molecule has 0 radical (unpaired) electrons. The molecule has 41 heavy (non-hydrogen) atoms. The van der Waals surface area contributed by atoms with Gasteiger partial charge in [-0.25, -0.2) is 4.98 Å². The average molecular weight is 611 g/mol. The van der Waals surface area contributed by atoms with Gasteiger partial charge in [-0.3, -0.25) is 19.6 Å². The molecule has 0 spiro atoms. The molecule has 18 heteroatoms. The zero-order valence-electron chi connectivity index (χ0n) is 22.2. The van der Waals surface area contributed by atoms with Gasteiger partial charge in [0.2, 0.25) is 0 Å². The number of hydrogen-bond acceptors (Lipinski definition) is 13. The minimum atomic E-state index is -4.94. The van der Waals surface area contributed by atoms with E-state index in [1.807, 2.05) is 4.90 Å². The smallest absolute Gasteiger partial charge is 0.418 e. The van der Waals surface area contributed by atoms with Crippen LogP contribution in [0.5, 0.6) is 5.75 Å². The number of aromatic nitrogens is 1. The molecule has 2 aliphatic rings. The van der Waals surface area contributed by atoms with E-state index in [9.17, 15) is 18.0 Å². The first kappa shape index (κ1) is 30.1. The topological polar surface area (TPSA) is 222 Å². The Hall–Kier alpha value is -3.84. The number of nitrogens with two attached hydrogens (primary N) is 1. The highest BCUT2D eigenvalue weighted by Gasteiger charge is 2.58. The van der Waals surface area contributed by atoms with Gasteiger partial charge in [0.1, 0.15) is 29.9 Å². The number of carbonyl (C=O) groups is 2. The van der Waals surface area contributed by atoms with Gasteiger partial charge in [-0.15, -0.1) is 15.6 Å². The van der Waals surface area contributed by atoms with E-state index in [-0.39, 0.29) is 29.8 Å². The van der Waals surface area contributed by atoms with Gasteiger partial charge in [0, 0.05) is 37.1 Å². The zero-order valence-corrected chi connectivity index (χ0v) is 23.8. The molecule has 2 aromatic rings. The molecular formula is C23H30N8O8S2. The number of nitrogens with zero attached hydrogens (tertiary/aromatic N) is 4. The Kier molecular flexibility index (Phi) is 9.08. The van der Waals surface area contributed by atoms with Crippen molar-refractivity contribution in [1.29, 1.82) is 5.41 Å². The lowest BCUT2D eigenvalue weighted by Gasteiger charge is -2.50. The molecule has 2 saturated heterocycles. The number of ether oxygens (including phenoxy) is 1. The van der Waals surface area contributed by atoms with Gasteiger partial charge >= 0.3 is 10.4 Å². The van der Waals surface area contributed by atoms with Crippen molar-refractivity contribution >= 4 is 50.2 Å². The Morgan fingerprint density at radius 2 is 1.98 bits per heavy atom. The molecule has 2 fully saturated rings. The zero-order chi connectivity index (χ0) is 29.8. The number of nitrogens with one attached hydrogen (secondary N) is 3. The quantitative estimate of drug-likeness (QED) is 0.0547. The molecule has 1 aromatic carbocycles. The minimum absolute atomic E-state index is 0.0431. The van der Waals surface area contributed by atoms with E-state index >= 15 is 0 Å². The van der Waals surface area contributed by atoms with Crippen molar-refractivity contribution in [3.05, 3.63) is 40.9 Å². The molecule has 3 heterocycles. The number of benzene rings is 1. The van der Waals surface area contributed by atoms with Crippen LogP contribution in [0.3, 0.4) is 0 Å². The maximum Gasteiger partial charge on any atom is 0.418 e. The number of hydroxylamine groups is 2. The van der Waals surface area contributed by atoms with Crippen LogP contribution in [-0.4, -0.2) is 102 Å². The third-order valence-corrected chi connectivity index (χ3v) is 7.27.